The fourth-order valence-electron chi connectivity index (χ4n) is 3.93. The molecule has 1 fully saturated rings. The van der Waals surface area contributed by atoms with Gasteiger partial charge >= 0.3 is 0 Å². The van der Waals surface area contributed by atoms with E-state index in [1.54, 1.807) is 24.8 Å². The van der Waals surface area contributed by atoms with Gasteiger partial charge in [-0.2, -0.15) is 15.2 Å². The third kappa shape index (κ3) is 4.32. The number of anilines is 2. The molecule has 1 unspecified atom stereocenters. The molecule has 1 atom stereocenters. The van der Waals surface area contributed by atoms with Crippen molar-refractivity contribution in [1.82, 2.24) is 24.5 Å². The van der Waals surface area contributed by atoms with Crippen LogP contribution in [0.3, 0.4) is 0 Å². The molecule has 0 bridgehead atoms. The number of piperidine rings is 1. The van der Waals surface area contributed by atoms with Crippen LogP contribution in [0.1, 0.15) is 19.0 Å². The number of aromatic nitrogens is 4. The van der Waals surface area contributed by atoms with E-state index in [-0.39, 0.29) is 24.8 Å². The lowest BCUT2D eigenvalue weighted by Gasteiger charge is -2.38. The zero-order valence-corrected chi connectivity index (χ0v) is 18.8. The predicted molar refractivity (Wildman–Crippen MR) is 120 cm³/mol. The molecule has 1 aliphatic heterocycles. The van der Waals surface area contributed by atoms with Gasteiger partial charge in [-0.05, 0) is 31.5 Å². The van der Waals surface area contributed by atoms with Crippen LogP contribution in [0.15, 0.2) is 34.6 Å². The zero-order valence-electron chi connectivity index (χ0n) is 18.8. The maximum absolute atomic E-state index is 14.7. The number of rotatable bonds is 5. The van der Waals surface area contributed by atoms with Crippen molar-refractivity contribution in [3.8, 4) is 11.3 Å². The number of fused-ring (bicyclic) bond motifs is 1. The van der Waals surface area contributed by atoms with Crippen molar-refractivity contribution in [2.45, 2.75) is 32.2 Å². The monoisotopic (exact) mass is 457 g/mol. The Morgan fingerprint density at radius 2 is 2.06 bits per heavy atom. The minimum atomic E-state index is -3.11. The number of aryl methyl sites for hydroxylation is 1. The van der Waals surface area contributed by atoms with Crippen LogP contribution in [0.25, 0.3) is 16.8 Å². The van der Waals surface area contributed by atoms with Gasteiger partial charge in [-0.15, -0.1) is 5.10 Å². The third-order valence-corrected chi connectivity index (χ3v) is 5.64. The standard InChI is InChI=1S/C21H25F2N9O/c1-12-15(29-25-4)5-6-16(26-12)14-7-10-32-18(14)19(24-3)28-20(30-32)27-17-8-9-31(13(2)33)11-21(17,22)23/h5-7,10,17H,8-9,11H2,1-4H3,(H2,24,27,28,30). The van der Waals surface area contributed by atoms with E-state index in [9.17, 15) is 13.6 Å². The molecule has 12 heteroatoms. The highest BCUT2D eigenvalue weighted by Crippen LogP contribution is 2.33. The highest BCUT2D eigenvalue weighted by Gasteiger charge is 2.45. The largest absolute Gasteiger partial charge is 0.371 e. The average Bonchev–Trinajstić information content (AvgIpc) is 3.20. The van der Waals surface area contributed by atoms with Crippen molar-refractivity contribution in [3.63, 3.8) is 0 Å². The molecule has 2 N–H and O–H groups in total. The number of halogens is 2. The summed E-state index contributed by atoms with van der Waals surface area (Å²) in [6, 6.07) is 4.33. The molecule has 3 aromatic rings. The Labute approximate surface area is 189 Å². The van der Waals surface area contributed by atoms with E-state index in [2.05, 4.69) is 35.9 Å². The molecule has 4 heterocycles. The number of carbonyl (C=O) groups is 1. The molecular weight excluding hydrogens is 432 g/mol. The molecule has 1 saturated heterocycles. The van der Waals surface area contributed by atoms with Crippen molar-refractivity contribution in [1.29, 1.82) is 0 Å². The highest BCUT2D eigenvalue weighted by atomic mass is 19.3. The number of pyridine rings is 1. The van der Waals surface area contributed by atoms with E-state index in [1.807, 2.05) is 25.1 Å². The smallest absolute Gasteiger partial charge is 0.285 e. The Hall–Kier alpha value is -3.70. The lowest BCUT2D eigenvalue weighted by atomic mass is 10.0. The van der Waals surface area contributed by atoms with Crippen molar-refractivity contribution >= 4 is 28.9 Å². The van der Waals surface area contributed by atoms with Gasteiger partial charge in [0.1, 0.15) is 11.2 Å². The van der Waals surface area contributed by atoms with Gasteiger partial charge in [0.2, 0.25) is 11.9 Å². The molecular formula is C21H25F2N9O. The number of hydrogen-bond donors (Lipinski definition) is 2. The second-order valence-corrected chi connectivity index (χ2v) is 7.84. The van der Waals surface area contributed by atoms with E-state index in [0.717, 1.165) is 16.2 Å². The van der Waals surface area contributed by atoms with Gasteiger partial charge in [0.25, 0.3) is 5.92 Å². The average molecular weight is 457 g/mol. The first-order valence-corrected chi connectivity index (χ1v) is 10.5. The highest BCUT2D eigenvalue weighted by molar-refractivity contribution is 5.87. The number of alkyl halides is 2. The zero-order chi connectivity index (χ0) is 23.8. The third-order valence-electron chi connectivity index (χ3n) is 5.64. The number of azo groups is 1. The summed E-state index contributed by atoms with van der Waals surface area (Å²) >= 11 is 0. The molecule has 0 aliphatic carbocycles. The Morgan fingerprint density at radius 3 is 2.70 bits per heavy atom. The molecule has 33 heavy (non-hydrogen) atoms. The first-order valence-electron chi connectivity index (χ1n) is 10.5. The SMILES string of the molecule is CN=Nc1ccc(-c2ccn3nc(NC4CCN(C(C)=O)CC4(F)F)nc(NC)c23)nc1C. The second kappa shape index (κ2) is 8.68. The molecule has 0 aromatic carbocycles. The van der Waals surface area contributed by atoms with E-state index < -0.39 is 18.5 Å². The normalized spacial score (nSPS) is 18.1. The maximum Gasteiger partial charge on any atom is 0.285 e. The molecule has 0 spiro atoms. The van der Waals surface area contributed by atoms with E-state index in [1.165, 1.54) is 6.92 Å². The first-order chi connectivity index (χ1) is 15.7. The van der Waals surface area contributed by atoms with Crippen LogP contribution in [-0.4, -0.2) is 69.5 Å². The number of likely N-dealkylation sites (tertiary alicyclic amines) is 1. The summed E-state index contributed by atoms with van der Waals surface area (Å²) in [6.45, 7) is 2.76. The Balaban J connectivity index is 1.66. The van der Waals surface area contributed by atoms with Crippen LogP contribution in [-0.2, 0) is 4.79 Å². The number of hydrogen-bond acceptors (Lipinski definition) is 8. The van der Waals surface area contributed by atoms with E-state index >= 15 is 0 Å². The van der Waals surface area contributed by atoms with Crippen molar-refractivity contribution in [2.24, 2.45) is 10.2 Å². The van der Waals surface area contributed by atoms with Crippen LogP contribution >= 0.6 is 0 Å². The summed E-state index contributed by atoms with van der Waals surface area (Å²) in [5.41, 5.74) is 3.56. The molecule has 4 rings (SSSR count). The first kappa shape index (κ1) is 22.5. The summed E-state index contributed by atoms with van der Waals surface area (Å²) in [6.07, 6.45) is 1.82. The van der Waals surface area contributed by atoms with Crippen LogP contribution in [0.2, 0.25) is 0 Å². The van der Waals surface area contributed by atoms with Gasteiger partial charge < -0.3 is 15.5 Å². The lowest BCUT2D eigenvalue weighted by molar-refractivity contribution is -0.140. The van der Waals surface area contributed by atoms with Crippen molar-refractivity contribution in [2.75, 3.05) is 37.8 Å². The molecule has 174 valence electrons. The topological polar surface area (TPSA) is 112 Å². The summed E-state index contributed by atoms with van der Waals surface area (Å²) in [4.78, 5) is 21.7. The van der Waals surface area contributed by atoms with Crippen molar-refractivity contribution in [3.05, 3.63) is 30.1 Å². The van der Waals surface area contributed by atoms with Crippen LogP contribution in [0, 0.1) is 6.92 Å². The summed E-state index contributed by atoms with van der Waals surface area (Å²) in [5, 5.41) is 18.0. The molecule has 0 radical (unpaired) electrons. The molecule has 1 amide bonds. The Morgan fingerprint density at radius 1 is 1.27 bits per heavy atom. The lowest BCUT2D eigenvalue weighted by Crippen LogP contribution is -2.55. The molecule has 10 nitrogen and oxygen atoms in total. The molecule has 3 aromatic heterocycles. The predicted octanol–water partition coefficient (Wildman–Crippen LogP) is 3.52. The Kier molecular flexibility index (Phi) is 5.91. The Bertz CT molecular complexity index is 1220. The summed E-state index contributed by atoms with van der Waals surface area (Å²) in [5.74, 6) is -2.94. The summed E-state index contributed by atoms with van der Waals surface area (Å²) < 4.78 is 30.9. The molecule has 0 saturated carbocycles. The van der Waals surface area contributed by atoms with Crippen LogP contribution in [0.4, 0.5) is 26.2 Å². The minimum absolute atomic E-state index is 0.0674. The number of nitrogens with zero attached hydrogens (tertiary/aromatic N) is 7. The number of carbonyl (C=O) groups excluding carboxylic acids is 1. The quantitative estimate of drug-likeness (QED) is 0.567. The van der Waals surface area contributed by atoms with Gasteiger partial charge in [0.15, 0.2) is 5.82 Å². The number of amides is 1. The fraction of sp³-hybridized carbons (Fsp3) is 0.429. The van der Waals surface area contributed by atoms with Crippen molar-refractivity contribution < 1.29 is 13.6 Å². The van der Waals surface area contributed by atoms with Crippen LogP contribution < -0.4 is 10.6 Å². The van der Waals surface area contributed by atoms with Crippen LogP contribution in [0.5, 0.6) is 0 Å². The fourth-order valence-corrected chi connectivity index (χ4v) is 3.93. The van der Waals surface area contributed by atoms with Gasteiger partial charge in [-0.25, -0.2) is 13.3 Å². The second-order valence-electron chi connectivity index (χ2n) is 7.84. The maximum atomic E-state index is 14.7. The molecule has 1 aliphatic rings. The van der Waals surface area contributed by atoms with Gasteiger partial charge in [0.05, 0.1) is 24.0 Å². The van der Waals surface area contributed by atoms with Gasteiger partial charge in [0, 0.05) is 39.3 Å². The van der Waals surface area contributed by atoms with Gasteiger partial charge in [-0.3, -0.25) is 9.78 Å². The summed E-state index contributed by atoms with van der Waals surface area (Å²) in [7, 11) is 3.30. The van der Waals surface area contributed by atoms with Gasteiger partial charge in [-0.1, -0.05) is 0 Å². The van der Waals surface area contributed by atoms with E-state index in [4.69, 9.17) is 0 Å². The minimum Gasteiger partial charge on any atom is -0.371 e. The number of nitrogens with one attached hydrogen (secondary N) is 2. The van der Waals surface area contributed by atoms with E-state index in [0.29, 0.717) is 22.7 Å².